The van der Waals surface area contributed by atoms with E-state index in [-0.39, 0.29) is 0 Å². The Hall–Kier alpha value is -2.86. The SMILES string of the molecule is C=Cc1cc2ccccc2c(C2=c3ccccc3=CCC2)c1C=C. The highest BCUT2D eigenvalue weighted by Crippen LogP contribution is 2.34. The van der Waals surface area contributed by atoms with Gasteiger partial charge in [-0.3, -0.25) is 0 Å². The van der Waals surface area contributed by atoms with E-state index in [4.69, 9.17) is 0 Å². The Bertz CT molecular complexity index is 1080. The van der Waals surface area contributed by atoms with Gasteiger partial charge in [-0.15, -0.1) is 0 Å². The molecule has 0 bridgehead atoms. The van der Waals surface area contributed by atoms with Gasteiger partial charge in [-0.05, 0) is 62.4 Å². The summed E-state index contributed by atoms with van der Waals surface area (Å²) in [7, 11) is 0. The molecule has 0 spiro atoms. The molecule has 4 rings (SSSR count). The van der Waals surface area contributed by atoms with Crippen LogP contribution in [0.25, 0.3) is 34.6 Å². The molecule has 0 fully saturated rings. The Labute approximate surface area is 142 Å². The van der Waals surface area contributed by atoms with E-state index in [0.29, 0.717) is 0 Å². The van der Waals surface area contributed by atoms with Gasteiger partial charge in [-0.25, -0.2) is 0 Å². The van der Waals surface area contributed by atoms with Crippen LogP contribution in [0.4, 0.5) is 0 Å². The summed E-state index contributed by atoms with van der Waals surface area (Å²) in [5.74, 6) is 0. The summed E-state index contributed by atoms with van der Waals surface area (Å²) in [6, 6.07) is 19.5. The Balaban J connectivity index is 2.24. The van der Waals surface area contributed by atoms with Crippen molar-refractivity contribution in [3.8, 4) is 0 Å². The number of hydrogen-bond donors (Lipinski definition) is 0. The Morgan fingerprint density at radius 3 is 2.50 bits per heavy atom. The highest BCUT2D eigenvalue weighted by molar-refractivity contribution is 6.00. The number of fused-ring (bicyclic) bond motifs is 2. The van der Waals surface area contributed by atoms with Gasteiger partial charge in [0.05, 0.1) is 0 Å². The molecule has 0 nitrogen and oxygen atoms in total. The molecule has 0 heteroatoms. The van der Waals surface area contributed by atoms with Crippen molar-refractivity contribution in [3.63, 3.8) is 0 Å². The molecule has 3 aromatic carbocycles. The molecule has 1 aliphatic rings. The second kappa shape index (κ2) is 5.98. The van der Waals surface area contributed by atoms with Gasteiger partial charge in [0.25, 0.3) is 0 Å². The Morgan fingerprint density at radius 1 is 0.875 bits per heavy atom. The van der Waals surface area contributed by atoms with Crippen molar-refractivity contribution in [1.29, 1.82) is 0 Å². The van der Waals surface area contributed by atoms with Crippen LogP contribution in [0.5, 0.6) is 0 Å². The van der Waals surface area contributed by atoms with Crippen molar-refractivity contribution in [3.05, 3.63) is 94.9 Å². The largest absolute Gasteiger partial charge is 0.0984 e. The first-order chi connectivity index (χ1) is 11.8. The molecule has 0 radical (unpaired) electrons. The maximum atomic E-state index is 4.09. The van der Waals surface area contributed by atoms with E-state index in [2.05, 4.69) is 73.8 Å². The van der Waals surface area contributed by atoms with Crippen LogP contribution in [-0.2, 0) is 0 Å². The molecule has 24 heavy (non-hydrogen) atoms. The van der Waals surface area contributed by atoms with Crippen LogP contribution in [-0.4, -0.2) is 0 Å². The Kier molecular flexibility index (Phi) is 3.66. The second-order valence-electron chi connectivity index (χ2n) is 6.19. The number of benzene rings is 3. The molecule has 0 heterocycles. The van der Waals surface area contributed by atoms with Crippen molar-refractivity contribution < 1.29 is 0 Å². The minimum atomic E-state index is 1.06. The third-order valence-corrected chi connectivity index (χ3v) is 4.89. The standard InChI is InChI=1S/C24H20/c1-3-17-16-19-11-6-8-14-22(19)24(20(17)4-2)23-15-9-12-18-10-5-7-13-21(18)23/h3-8,10-14,16H,1-2,9,15H2. The Morgan fingerprint density at radius 2 is 1.67 bits per heavy atom. The van der Waals surface area contributed by atoms with Gasteiger partial charge in [0, 0.05) is 0 Å². The highest BCUT2D eigenvalue weighted by Gasteiger charge is 2.15. The van der Waals surface area contributed by atoms with Crippen LogP contribution in [0.1, 0.15) is 29.5 Å². The van der Waals surface area contributed by atoms with Crippen LogP contribution in [0, 0.1) is 0 Å². The van der Waals surface area contributed by atoms with Gasteiger partial charge in [0.15, 0.2) is 0 Å². The molecule has 0 unspecified atom stereocenters. The molecule has 1 aliphatic carbocycles. The molecule has 0 saturated heterocycles. The van der Waals surface area contributed by atoms with Crippen molar-refractivity contribution >= 4 is 34.6 Å². The van der Waals surface area contributed by atoms with E-state index < -0.39 is 0 Å². The number of rotatable bonds is 3. The smallest absolute Gasteiger partial charge is 0.00612 e. The average molecular weight is 308 g/mol. The summed E-state index contributed by atoms with van der Waals surface area (Å²) in [6.07, 6.45) is 8.39. The zero-order valence-electron chi connectivity index (χ0n) is 13.8. The van der Waals surface area contributed by atoms with Crippen LogP contribution < -0.4 is 10.4 Å². The quantitative estimate of drug-likeness (QED) is 0.645. The molecule has 0 amide bonds. The first-order valence-electron chi connectivity index (χ1n) is 8.43. The molecule has 3 aromatic rings. The second-order valence-corrected chi connectivity index (χ2v) is 6.19. The van der Waals surface area contributed by atoms with Gasteiger partial charge >= 0.3 is 0 Å². The minimum Gasteiger partial charge on any atom is -0.0984 e. The average Bonchev–Trinajstić information content (AvgIpc) is 2.66. The topological polar surface area (TPSA) is 0 Å². The summed E-state index contributed by atoms with van der Waals surface area (Å²) in [4.78, 5) is 0. The van der Waals surface area contributed by atoms with E-state index >= 15 is 0 Å². The lowest BCUT2D eigenvalue weighted by atomic mass is 9.85. The van der Waals surface area contributed by atoms with E-state index in [1.54, 1.807) is 0 Å². The van der Waals surface area contributed by atoms with Crippen molar-refractivity contribution in [2.45, 2.75) is 12.8 Å². The molecule has 116 valence electrons. The zero-order chi connectivity index (χ0) is 16.5. The predicted octanol–water partition coefficient (Wildman–Crippen LogP) is 4.90. The lowest BCUT2D eigenvalue weighted by Crippen LogP contribution is -2.29. The summed E-state index contributed by atoms with van der Waals surface area (Å²) in [6.45, 7) is 8.10. The minimum absolute atomic E-state index is 1.06. The van der Waals surface area contributed by atoms with Gasteiger partial charge in [-0.1, -0.05) is 79.9 Å². The van der Waals surface area contributed by atoms with E-state index in [0.717, 1.165) is 18.4 Å². The van der Waals surface area contributed by atoms with Gasteiger partial charge in [-0.2, -0.15) is 0 Å². The molecule has 0 atom stereocenters. The fraction of sp³-hybridized carbons (Fsp3) is 0.0833. The highest BCUT2D eigenvalue weighted by atomic mass is 14.2. The normalized spacial score (nSPS) is 13.2. The molecule has 0 saturated carbocycles. The fourth-order valence-electron chi connectivity index (χ4n) is 3.82. The molecule has 0 N–H and O–H groups in total. The van der Waals surface area contributed by atoms with E-state index in [1.165, 1.54) is 37.9 Å². The summed E-state index contributed by atoms with van der Waals surface area (Å²) in [5, 5.41) is 5.23. The first-order valence-corrected chi connectivity index (χ1v) is 8.43. The predicted molar refractivity (Wildman–Crippen MR) is 106 cm³/mol. The maximum absolute atomic E-state index is 4.09. The van der Waals surface area contributed by atoms with Crippen LogP contribution in [0.2, 0.25) is 0 Å². The van der Waals surface area contributed by atoms with Crippen molar-refractivity contribution in [2.75, 3.05) is 0 Å². The van der Waals surface area contributed by atoms with E-state index in [9.17, 15) is 0 Å². The monoisotopic (exact) mass is 308 g/mol. The lowest BCUT2D eigenvalue weighted by Gasteiger charge is -2.19. The molecular formula is C24H20. The first kappa shape index (κ1) is 14.7. The van der Waals surface area contributed by atoms with Gasteiger partial charge in [0.2, 0.25) is 0 Å². The third-order valence-electron chi connectivity index (χ3n) is 4.89. The zero-order valence-corrected chi connectivity index (χ0v) is 13.8. The lowest BCUT2D eigenvalue weighted by molar-refractivity contribution is 1.08. The van der Waals surface area contributed by atoms with Crippen LogP contribution >= 0.6 is 0 Å². The number of hydrogen-bond acceptors (Lipinski definition) is 0. The van der Waals surface area contributed by atoms with Gasteiger partial charge < -0.3 is 0 Å². The third kappa shape index (κ3) is 2.23. The molecule has 0 aliphatic heterocycles. The van der Waals surface area contributed by atoms with Crippen LogP contribution in [0.3, 0.4) is 0 Å². The summed E-state index contributed by atoms with van der Waals surface area (Å²) >= 11 is 0. The van der Waals surface area contributed by atoms with Crippen molar-refractivity contribution in [1.82, 2.24) is 0 Å². The molecule has 0 aromatic heterocycles. The van der Waals surface area contributed by atoms with Crippen LogP contribution in [0.15, 0.2) is 67.8 Å². The van der Waals surface area contributed by atoms with Crippen molar-refractivity contribution in [2.24, 2.45) is 0 Å². The van der Waals surface area contributed by atoms with E-state index in [1.807, 2.05) is 12.2 Å². The molecular weight excluding hydrogens is 288 g/mol. The summed E-state index contributed by atoms with van der Waals surface area (Å²) in [5.41, 5.74) is 5.08. The summed E-state index contributed by atoms with van der Waals surface area (Å²) < 4.78 is 0. The van der Waals surface area contributed by atoms with Gasteiger partial charge in [0.1, 0.15) is 0 Å². The maximum Gasteiger partial charge on any atom is -0.00612 e. The fourth-order valence-corrected chi connectivity index (χ4v) is 3.82.